The third-order valence-electron chi connectivity index (χ3n) is 8.36. The van der Waals surface area contributed by atoms with E-state index in [0.717, 1.165) is 6.54 Å². The third-order valence-corrected chi connectivity index (χ3v) is 8.36. The number of amides is 3. The lowest BCUT2D eigenvalue weighted by Crippen LogP contribution is -2.50. The summed E-state index contributed by atoms with van der Waals surface area (Å²) in [5.74, 6) is 1.98. The average Bonchev–Trinajstić information content (AvgIpc) is 3.43. The number of ether oxygens (including phenoxy) is 3. The Hall–Kier alpha value is -3.50. The van der Waals surface area contributed by atoms with Crippen molar-refractivity contribution >= 4 is 23.3 Å². The lowest BCUT2D eigenvalue weighted by atomic mass is 9.89. The van der Waals surface area contributed by atoms with Crippen LogP contribution in [0.3, 0.4) is 0 Å². The highest BCUT2D eigenvalue weighted by molar-refractivity contribution is 6.04. The minimum atomic E-state index is -0.477. The number of para-hydroxylation sites is 1. The van der Waals surface area contributed by atoms with E-state index in [0.29, 0.717) is 53.2 Å². The van der Waals surface area contributed by atoms with Crippen LogP contribution in [-0.4, -0.2) is 79.1 Å². The van der Waals surface area contributed by atoms with E-state index in [9.17, 15) is 14.7 Å². The van der Waals surface area contributed by atoms with Crippen molar-refractivity contribution in [3.63, 3.8) is 0 Å². The fourth-order valence-corrected chi connectivity index (χ4v) is 6.01. The second kappa shape index (κ2) is 13.0. The van der Waals surface area contributed by atoms with Crippen LogP contribution in [0.5, 0.6) is 17.2 Å². The largest absolute Gasteiger partial charge is 0.486 e. The van der Waals surface area contributed by atoms with Gasteiger partial charge < -0.3 is 39.8 Å². The van der Waals surface area contributed by atoms with Crippen molar-refractivity contribution in [2.75, 3.05) is 50.7 Å². The molecule has 1 fully saturated rings. The zero-order chi connectivity index (χ0) is 28.9. The molecule has 5 rings (SSSR count). The van der Waals surface area contributed by atoms with Crippen LogP contribution in [0, 0.1) is 11.8 Å². The molecule has 2 aromatic carbocycles. The number of rotatable bonds is 8. The van der Waals surface area contributed by atoms with E-state index < -0.39 is 6.03 Å². The molecule has 2 aliphatic heterocycles. The summed E-state index contributed by atoms with van der Waals surface area (Å²) in [6, 6.07) is 9.52. The molecule has 2 heterocycles. The normalized spacial score (nSPS) is 21.5. The molecular formula is C31H42N4O6. The van der Waals surface area contributed by atoms with Gasteiger partial charge in [-0.3, -0.25) is 4.79 Å². The Kier molecular flexibility index (Phi) is 9.19. The molecular weight excluding hydrogens is 524 g/mol. The van der Waals surface area contributed by atoms with Crippen molar-refractivity contribution in [3.8, 4) is 17.2 Å². The molecule has 3 atom stereocenters. The first-order valence-electron chi connectivity index (χ1n) is 14.7. The molecule has 0 aromatic heterocycles. The summed E-state index contributed by atoms with van der Waals surface area (Å²) >= 11 is 0. The molecule has 0 saturated heterocycles. The summed E-state index contributed by atoms with van der Waals surface area (Å²) in [5, 5.41) is 15.7. The molecule has 3 N–H and O–H groups in total. The molecule has 0 unspecified atom stereocenters. The summed E-state index contributed by atoms with van der Waals surface area (Å²) in [5.41, 5.74) is 1.30. The van der Waals surface area contributed by atoms with E-state index in [4.69, 9.17) is 14.2 Å². The number of urea groups is 1. The third kappa shape index (κ3) is 6.87. The van der Waals surface area contributed by atoms with Crippen molar-refractivity contribution in [1.82, 2.24) is 9.80 Å². The van der Waals surface area contributed by atoms with Gasteiger partial charge in [0.1, 0.15) is 6.10 Å². The van der Waals surface area contributed by atoms with Crippen LogP contribution in [0.4, 0.5) is 16.2 Å². The maximum Gasteiger partial charge on any atom is 0.323 e. The second-order valence-corrected chi connectivity index (χ2v) is 11.7. The minimum Gasteiger partial charge on any atom is -0.486 e. The maximum atomic E-state index is 13.7. The predicted octanol–water partition coefficient (Wildman–Crippen LogP) is 4.79. The number of hydrogen-bond acceptors (Lipinski definition) is 7. The molecule has 41 heavy (non-hydrogen) atoms. The number of hydrogen-bond donors (Lipinski definition) is 3. The molecule has 2 aromatic rings. The molecule has 0 bridgehead atoms. The maximum absolute atomic E-state index is 13.7. The monoisotopic (exact) mass is 566 g/mol. The molecule has 1 saturated carbocycles. The standard InChI is InChI=1S/C31H42N4O6/c1-20-15-35(21(2)18-36)30(37)24-10-7-11-25(33-31(38)32-23-12-13-26-27(14-23)40-19-39-26)29(24)41-28(20)17-34(3)16-22-8-5-4-6-9-22/h7,10-14,20-22,28,36H,4-6,8-9,15-19H2,1-3H3,(H2,32,33,38)/t20-,21-,28-/m0/s1. The number of aliphatic hydroxyl groups excluding tert-OH is 1. The van der Waals surface area contributed by atoms with Gasteiger partial charge in [0, 0.05) is 37.3 Å². The smallest absolute Gasteiger partial charge is 0.323 e. The highest BCUT2D eigenvalue weighted by Gasteiger charge is 2.35. The Morgan fingerprint density at radius 2 is 1.88 bits per heavy atom. The van der Waals surface area contributed by atoms with Gasteiger partial charge in [0.15, 0.2) is 17.2 Å². The Morgan fingerprint density at radius 1 is 1.10 bits per heavy atom. The molecule has 222 valence electrons. The number of likely N-dealkylation sites (N-methyl/N-ethyl adjacent to an activating group) is 1. The first-order valence-corrected chi connectivity index (χ1v) is 14.7. The van der Waals surface area contributed by atoms with Crippen molar-refractivity contribution in [2.24, 2.45) is 11.8 Å². The molecule has 3 aliphatic rings. The van der Waals surface area contributed by atoms with E-state index >= 15 is 0 Å². The van der Waals surface area contributed by atoms with Crippen molar-refractivity contribution in [2.45, 2.75) is 58.1 Å². The van der Waals surface area contributed by atoms with Crippen LogP contribution >= 0.6 is 0 Å². The van der Waals surface area contributed by atoms with Gasteiger partial charge in [0.25, 0.3) is 5.91 Å². The van der Waals surface area contributed by atoms with Gasteiger partial charge in [0.05, 0.1) is 23.9 Å². The highest BCUT2D eigenvalue weighted by atomic mass is 16.7. The van der Waals surface area contributed by atoms with E-state index in [1.807, 2.05) is 6.92 Å². The first kappa shape index (κ1) is 29.0. The number of nitrogens with zero attached hydrogens (tertiary/aromatic N) is 2. The fraction of sp³-hybridized carbons (Fsp3) is 0.548. The van der Waals surface area contributed by atoms with Gasteiger partial charge in [-0.05, 0) is 57.0 Å². The Bertz CT molecular complexity index is 1230. The van der Waals surface area contributed by atoms with Gasteiger partial charge >= 0.3 is 6.03 Å². The number of carbonyl (C=O) groups excluding carboxylic acids is 2. The van der Waals surface area contributed by atoms with Crippen LogP contribution in [0.1, 0.15) is 56.3 Å². The van der Waals surface area contributed by atoms with Gasteiger partial charge in [-0.2, -0.15) is 0 Å². The number of nitrogens with one attached hydrogen (secondary N) is 2. The summed E-state index contributed by atoms with van der Waals surface area (Å²) in [4.78, 5) is 30.9. The van der Waals surface area contributed by atoms with Crippen LogP contribution in [0.2, 0.25) is 0 Å². The molecule has 10 nitrogen and oxygen atoms in total. The highest BCUT2D eigenvalue weighted by Crippen LogP contribution is 2.36. The summed E-state index contributed by atoms with van der Waals surface area (Å²) in [6.45, 7) is 6.08. The number of benzene rings is 2. The van der Waals surface area contributed by atoms with Crippen LogP contribution in [-0.2, 0) is 0 Å². The van der Waals surface area contributed by atoms with Crippen LogP contribution in [0.25, 0.3) is 0 Å². The quantitative estimate of drug-likeness (QED) is 0.421. The molecule has 0 radical (unpaired) electrons. The van der Waals surface area contributed by atoms with E-state index in [2.05, 4.69) is 29.5 Å². The zero-order valence-electron chi connectivity index (χ0n) is 24.2. The van der Waals surface area contributed by atoms with Gasteiger partial charge in [-0.1, -0.05) is 32.3 Å². The Balaban J connectivity index is 1.38. The van der Waals surface area contributed by atoms with Crippen LogP contribution < -0.4 is 24.8 Å². The molecule has 1 aliphatic carbocycles. The Labute approximate surface area is 241 Å². The van der Waals surface area contributed by atoms with E-state index in [1.165, 1.54) is 32.1 Å². The van der Waals surface area contributed by atoms with Crippen molar-refractivity contribution in [3.05, 3.63) is 42.0 Å². The van der Waals surface area contributed by atoms with Gasteiger partial charge in [0.2, 0.25) is 6.79 Å². The zero-order valence-corrected chi connectivity index (χ0v) is 24.2. The molecule has 10 heteroatoms. The summed E-state index contributed by atoms with van der Waals surface area (Å²) < 4.78 is 17.4. The molecule has 3 amide bonds. The van der Waals surface area contributed by atoms with E-state index in [1.54, 1.807) is 41.3 Å². The lowest BCUT2D eigenvalue weighted by molar-refractivity contribution is 0.0333. The Morgan fingerprint density at radius 3 is 2.66 bits per heavy atom. The first-order chi connectivity index (χ1) is 19.8. The van der Waals surface area contributed by atoms with Crippen LogP contribution in [0.15, 0.2) is 36.4 Å². The number of carbonyl (C=O) groups is 2. The SMILES string of the molecule is C[C@H]1CN([C@@H](C)CO)C(=O)c2cccc(NC(=O)Nc3ccc4c(c3)OCO4)c2O[C@H]1CN(C)CC1CCCCC1. The number of aliphatic hydroxyl groups is 1. The average molecular weight is 567 g/mol. The van der Waals surface area contributed by atoms with Gasteiger partial charge in [-0.25, -0.2) is 4.79 Å². The van der Waals surface area contributed by atoms with Crippen molar-refractivity contribution < 1.29 is 28.9 Å². The summed E-state index contributed by atoms with van der Waals surface area (Å²) in [6.07, 6.45) is 6.20. The second-order valence-electron chi connectivity index (χ2n) is 11.7. The number of fused-ring (bicyclic) bond motifs is 2. The topological polar surface area (TPSA) is 113 Å². The van der Waals surface area contributed by atoms with Crippen molar-refractivity contribution in [1.29, 1.82) is 0 Å². The lowest BCUT2D eigenvalue weighted by Gasteiger charge is -2.39. The number of anilines is 2. The molecule has 0 spiro atoms. The predicted molar refractivity (Wildman–Crippen MR) is 157 cm³/mol. The fourth-order valence-electron chi connectivity index (χ4n) is 6.01. The van der Waals surface area contributed by atoms with Gasteiger partial charge in [-0.15, -0.1) is 0 Å². The van der Waals surface area contributed by atoms with E-state index in [-0.39, 0.29) is 37.4 Å². The minimum absolute atomic E-state index is 0.00887. The summed E-state index contributed by atoms with van der Waals surface area (Å²) in [7, 11) is 2.13.